The Morgan fingerprint density at radius 3 is 2.86 bits per heavy atom. The number of hydrogen-bond acceptors (Lipinski definition) is 4. The molecule has 0 atom stereocenters. The number of ether oxygens (including phenoxy) is 2. The van der Waals surface area contributed by atoms with Crippen molar-refractivity contribution in [1.82, 2.24) is 5.32 Å². The fraction of sp³-hybridized carbons (Fsp3) is 0.533. The van der Waals surface area contributed by atoms with Crippen LogP contribution < -0.4 is 20.5 Å². The Hall–Kier alpha value is -1.46. The molecule has 21 heavy (non-hydrogen) atoms. The van der Waals surface area contributed by atoms with E-state index in [-0.39, 0.29) is 12.5 Å². The smallest absolute Gasteiger partial charge is 0.223 e. The van der Waals surface area contributed by atoms with Gasteiger partial charge in [-0.05, 0) is 43.5 Å². The number of benzene rings is 1. The maximum atomic E-state index is 11.6. The van der Waals surface area contributed by atoms with Gasteiger partial charge >= 0.3 is 0 Å². The quantitative estimate of drug-likeness (QED) is 0.769. The van der Waals surface area contributed by atoms with Crippen molar-refractivity contribution < 1.29 is 14.3 Å². The predicted octanol–water partition coefficient (Wildman–Crippen LogP) is 1.90. The molecule has 0 saturated heterocycles. The van der Waals surface area contributed by atoms with Crippen LogP contribution in [0.2, 0.25) is 5.02 Å². The lowest BCUT2D eigenvalue weighted by molar-refractivity contribution is -0.121. The van der Waals surface area contributed by atoms with E-state index in [0.29, 0.717) is 35.5 Å². The van der Waals surface area contributed by atoms with Crippen LogP contribution in [-0.2, 0) is 11.2 Å². The molecule has 3 N–H and O–H groups in total. The Bertz CT molecular complexity index is 504. The van der Waals surface area contributed by atoms with Gasteiger partial charge in [-0.25, -0.2) is 0 Å². The Kier molecular flexibility index (Phi) is 5.70. The molecular formula is C15H21ClN2O3. The van der Waals surface area contributed by atoms with Crippen LogP contribution in [0, 0.1) is 0 Å². The molecule has 1 saturated carbocycles. The van der Waals surface area contributed by atoms with Crippen LogP contribution >= 0.6 is 11.6 Å². The molecule has 1 aromatic rings. The Labute approximate surface area is 129 Å². The summed E-state index contributed by atoms with van der Waals surface area (Å²) >= 11 is 6.21. The molecule has 5 nitrogen and oxygen atoms in total. The largest absolute Gasteiger partial charge is 0.493 e. The van der Waals surface area contributed by atoms with Gasteiger partial charge in [-0.1, -0.05) is 11.6 Å². The van der Waals surface area contributed by atoms with Gasteiger partial charge in [-0.2, -0.15) is 0 Å². The summed E-state index contributed by atoms with van der Waals surface area (Å²) in [5, 5.41) is 3.38. The third kappa shape index (κ3) is 4.79. The number of hydrogen-bond donors (Lipinski definition) is 2. The van der Waals surface area contributed by atoms with Crippen molar-refractivity contribution in [2.75, 3.05) is 20.3 Å². The van der Waals surface area contributed by atoms with Crippen LogP contribution in [0.15, 0.2) is 12.1 Å². The maximum absolute atomic E-state index is 11.6. The van der Waals surface area contributed by atoms with Gasteiger partial charge in [0.25, 0.3) is 0 Å². The zero-order valence-corrected chi connectivity index (χ0v) is 12.9. The van der Waals surface area contributed by atoms with Gasteiger partial charge < -0.3 is 20.5 Å². The minimum Gasteiger partial charge on any atom is -0.493 e. The van der Waals surface area contributed by atoms with E-state index in [1.54, 1.807) is 7.11 Å². The van der Waals surface area contributed by atoms with Crippen molar-refractivity contribution in [2.45, 2.75) is 31.7 Å². The third-order valence-electron chi connectivity index (χ3n) is 3.24. The number of methoxy groups -OCH3 is 1. The van der Waals surface area contributed by atoms with E-state index in [1.165, 1.54) is 0 Å². The van der Waals surface area contributed by atoms with Gasteiger partial charge in [0.05, 0.1) is 25.2 Å². The van der Waals surface area contributed by atoms with Gasteiger partial charge in [0.15, 0.2) is 11.5 Å². The standard InChI is InChI=1S/C15H21ClN2O3/c1-20-13-9-10(4-6-17)8-12(16)15(13)21-7-5-14(19)18-11-2-3-11/h8-9,11H,2-7,17H2,1H3,(H,18,19). The van der Waals surface area contributed by atoms with Crippen LogP contribution in [0.1, 0.15) is 24.8 Å². The Morgan fingerprint density at radius 2 is 2.24 bits per heavy atom. The molecule has 1 aliphatic carbocycles. The van der Waals surface area contributed by atoms with E-state index < -0.39 is 0 Å². The summed E-state index contributed by atoms with van der Waals surface area (Å²) in [7, 11) is 1.56. The van der Waals surface area contributed by atoms with E-state index in [4.69, 9.17) is 26.8 Å². The number of rotatable bonds is 8. The van der Waals surface area contributed by atoms with E-state index in [1.807, 2.05) is 12.1 Å². The van der Waals surface area contributed by atoms with Crippen molar-refractivity contribution in [3.8, 4) is 11.5 Å². The first-order valence-electron chi connectivity index (χ1n) is 7.12. The summed E-state index contributed by atoms with van der Waals surface area (Å²) in [6, 6.07) is 4.04. The number of halogens is 1. The molecule has 1 aliphatic rings. The molecule has 0 bridgehead atoms. The second kappa shape index (κ2) is 7.52. The highest BCUT2D eigenvalue weighted by atomic mass is 35.5. The van der Waals surface area contributed by atoms with Gasteiger partial charge in [0, 0.05) is 6.04 Å². The van der Waals surface area contributed by atoms with Crippen molar-refractivity contribution >= 4 is 17.5 Å². The molecular weight excluding hydrogens is 292 g/mol. The highest BCUT2D eigenvalue weighted by Crippen LogP contribution is 2.36. The van der Waals surface area contributed by atoms with Gasteiger partial charge in [-0.3, -0.25) is 4.79 Å². The summed E-state index contributed by atoms with van der Waals surface area (Å²) in [4.78, 5) is 11.6. The third-order valence-corrected chi connectivity index (χ3v) is 3.52. The summed E-state index contributed by atoms with van der Waals surface area (Å²) in [6.07, 6.45) is 3.18. The van der Waals surface area contributed by atoms with Gasteiger partial charge in [0.2, 0.25) is 5.91 Å². The van der Waals surface area contributed by atoms with Crippen LogP contribution in [-0.4, -0.2) is 32.2 Å². The van der Waals surface area contributed by atoms with E-state index in [9.17, 15) is 4.79 Å². The maximum Gasteiger partial charge on any atom is 0.223 e. The summed E-state index contributed by atoms with van der Waals surface area (Å²) in [5.74, 6) is 1.04. The minimum absolute atomic E-state index is 0.00680. The second-order valence-electron chi connectivity index (χ2n) is 5.09. The normalized spacial score (nSPS) is 13.9. The molecule has 0 spiro atoms. The molecule has 1 aromatic carbocycles. The first-order valence-corrected chi connectivity index (χ1v) is 7.50. The highest BCUT2D eigenvalue weighted by Gasteiger charge is 2.23. The zero-order chi connectivity index (χ0) is 15.2. The fourth-order valence-corrected chi connectivity index (χ4v) is 2.29. The van der Waals surface area contributed by atoms with Gasteiger partial charge in [0.1, 0.15) is 0 Å². The molecule has 0 heterocycles. The van der Waals surface area contributed by atoms with Crippen LogP contribution in [0.3, 0.4) is 0 Å². The fourth-order valence-electron chi connectivity index (χ4n) is 2.00. The number of nitrogens with two attached hydrogens (primary N) is 1. The molecule has 2 rings (SSSR count). The molecule has 1 fully saturated rings. The Morgan fingerprint density at radius 1 is 1.48 bits per heavy atom. The molecule has 1 amide bonds. The zero-order valence-electron chi connectivity index (χ0n) is 12.2. The summed E-state index contributed by atoms with van der Waals surface area (Å²) in [5.41, 5.74) is 6.54. The minimum atomic E-state index is 0.00680. The Balaban J connectivity index is 1.92. The van der Waals surface area contributed by atoms with Crippen molar-refractivity contribution in [1.29, 1.82) is 0 Å². The summed E-state index contributed by atoms with van der Waals surface area (Å²) in [6.45, 7) is 0.811. The summed E-state index contributed by atoms with van der Waals surface area (Å²) < 4.78 is 10.9. The first-order chi connectivity index (χ1) is 10.1. The number of carbonyl (C=O) groups is 1. The second-order valence-corrected chi connectivity index (χ2v) is 5.50. The SMILES string of the molecule is COc1cc(CCN)cc(Cl)c1OCCC(=O)NC1CC1. The number of amides is 1. The van der Waals surface area contributed by atoms with Crippen molar-refractivity contribution in [3.05, 3.63) is 22.7 Å². The van der Waals surface area contributed by atoms with Crippen molar-refractivity contribution in [3.63, 3.8) is 0 Å². The predicted molar refractivity (Wildman–Crippen MR) is 82.0 cm³/mol. The lowest BCUT2D eigenvalue weighted by atomic mass is 10.1. The number of carbonyl (C=O) groups excluding carboxylic acids is 1. The lowest BCUT2D eigenvalue weighted by Crippen LogP contribution is -2.26. The average Bonchev–Trinajstić information content (AvgIpc) is 3.25. The van der Waals surface area contributed by atoms with Gasteiger partial charge in [-0.15, -0.1) is 0 Å². The number of nitrogens with one attached hydrogen (secondary N) is 1. The van der Waals surface area contributed by atoms with Crippen LogP contribution in [0.25, 0.3) is 0 Å². The average molecular weight is 313 g/mol. The van der Waals surface area contributed by atoms with E-state index >= 15 is 0 Å². The topological polar surface area (TPSA) is 73.6 Å². The lowest BCUT2D eigenvalue weighted by Gasteiger charge is -2.14. The highest BCUT2D eigenvalue weighted by molar-refractivity contribution is 6.32. The van der Waals surface area contributed by atoms with Crippen LogP contribution in [0.5, 0.6) is 11.5 Å². The van der Waals surface area contributed by atoms with Crippen LogP contribution in [0.4, 0.5) is 0 Å². The molecule has 6 heteroatoms. The molecule has 0 aromatic heterocycles. The van der Waals surface area contributed by atoms with Crippen molar-refractivity contribution in [2.24, 2.45) is 5.73 Å². The molecule has 0 unspecified atom stereocenters. The monoisotopic (exact) mass is 312 g/mol. The van der Waals surface area contributed by atoms with E-state index in [2.05, 4.69) is 5.32 Å². The van der Waals surface area contributed by atoms with E-state index in [0.717, 1.165) is 24.8 Å². The first kappa shape index (κ1) is 15.9. The molecule has 0 aliphatic heterocycles. The molecule has 0 radical (unpaired) electrons. The molecule has 116 valence electrons.